The number of anilines is 3. The van der Waals surface area contributed by atoms with E-state index in [4.69, 9.17) is 5.11 Å². The van der Waals surface area contributed by atoms with Crippen LogP contribution in [0.4, 0.5) is 21.5 Å². The molecule has 1 aliphatic rings. The molecule has 0 unspecified atom stereocenters. The van der Waals surface area contributed by atoms with Gasteiger partial charge >= 0.3 is 5.97 Å². The fraction of sp³-hybridized carbons (Fsp3) is 0.257. The second-order valence-corrected chi connectivity index (χ2v) is 12.0. The first kappa shape index (κ1) is 31.7. The summed E-state index contributed by atoms with van der Waals surface area (Å²) in [5.74, 6) is -0.388. The summed E-state index contributed by atoms with van der Waals surface area (Å²) in [5, 5.41) is 14.8. The Morgan fingerprint density at radius 3 is 2.40 bits per heavy atom. The minimum atomic E-state index is -0.832. The maximum atomic E-state index is 13.5. The van der Waals surface area contributed by atoms with E-state index in [1.807, 2.05) is 36.4 Å². The van der Waals surface area contributed by atoms with Crippen LogP contribution in [0.2, 0.25) is 0 Å². The van der Waals surface area contributed by atoms with Gasteiger partial charge in [-0.15, -0.1) is 0 Å². The molecule has 0 bridgehead atoms. The topological polar surface area (TPSA) is 112 Å². The van der Waals surface area contributed by atoms with Gasteiger partial charge in [-0.05, 0) is 85.0 Å². The third-order valence-electron chi connectivity index (χ3n) is 7.53. The largest absolute Gasteiger partial charge is 0.481 e. The number of carboxylic acids is 1. The van der Waals surface area contributed by atoms with E-state index in [-0.39, 0.29) is 18.2 Å². The number of nitrogens with one attached hydrogen (secondary N) is 2. The van der Waals surface area contributed by atoms with Crippen molar-refractivity contribution in [2.24, 2.45) is 0 Å². The molecule has 3 aromatic carbocycles. The van der Waals surface area contributed by atoms with Crippen LogP contribution in [0, 0.1) is 0 Å². The Hall–Kier alpha value is -4.70. The number of piperidine rings is 1. The molecule has 2 amide bonds. The summed E-state index contributed by atoms with van der Waals surface area (Å²) in [5.41, 5.74) is 5.53. The van der Waals surface area contributed by atoms with Gasteiger partial charge in [-0.25, -0.2) is 4.39 Å². The summed E-state index contributed by atoms with van der Waals surface area (Å²) < 4.78 is 13.1. The Balaban J connectivity index is 1.40. The van der Waals surface area contributed by atoms with Crippen molar-refractivity contribution in [2.45, 2.75) is 38.1 Å². The first-order chi connectivity index (χ1) is 21.9. The van der Waals surface area contributed by atoms with E-state index < -0.39 is 12.6 Å². The molecule has 3 N–H and O–H groups in total. The lowest BCUT2D eigenvalue weighted by atomic mass is 10.0. The smallest absolute Gasteiger partial charge is 0.304 e. The van der Waals surface area contributed by atoms with Gasteiger partial charge in [0.15, 0.2) is 0 Å². The predicted molar refractivity (Wildman–Crippen MR) is 178 cm³/mol. The zero-order chi connectivity index (χ0) is 31.6. The molecule has 0 spiro atoms. The predicted octanol–water partition coefficient (Wildman–Crippen LogP) is 7.42. The van der Waals surface area contributed by atoms with E-state index in [2.05, 4.69) is 20.5 Å². The number of aromatic nitrogens is 1. The average molecular weight is 627 g/mol. The molecule has 1 saturated heterocycles. The second-order valence-electron chi connectivity index (χ2n) is 10.8. The number of benzene rings is 3. The van der Waals surface area contributed by atoms with Gasteiger partial charge in [-0.2, -0.15) is 11.8 Å². The molecule has 232 valence electrons. The van der Waals surface area contributed by atoms with Crippen LogP contribution in [0.25, 0.3) is 11.3 Å². The van der Waals surface area contributed by atoms with Crippen LogP contribution in [0.15, 0.2) is 85.1 Å². The number of hydrogen-bond acceptors (Lipinski definition) is 6. The number of rotatable bonds is 12. The number of aliphatic carboxylic acids is 1. The summed E-state index contributed by atoms with van der Waals surface area (Å²) in [6, 6.07) is 23.1. The Bertz CT molecular complexity index is 1680. The monoisotopic (exact) mass is 626 g/mol. The molecule has 0 aliphatic carbocycles. The first-order valence-electron chi connectivity index (χ1n) is 14.9. The van der Waals surface area contributed by atoms with Crippen LogP contribution >= 0.6 is 11.8 Å². The van der Waals surface area contributed by atoms with E-state index in [9.17, 15) is 18.8 Å². The fourth-order valence-electron chi connectivity index (χ4n) is 5.20. The minimum Gasteiger partial charge on any atom is -0.481 e. The van der Waals surface area contributed by atoms with Crippen molar-refractivity contribution < 1.29 is 23.9 Å². The second kappa shape index (κ2) is 15.3. The number of carbonyl (C=O) groups excluding carboxylic acids is 2. The number of nitrogens with zero attached hydrogens (tertiary/aromatic N) is 2. The summed E-state index contributed by atoms with van der Waals surface area (Å²) >= 11 is 1.50. The highest BCUT2D eigenvalue weighted by atomic mass is 32.2. The van der Waals surface area contributed by atoms with Gasteiger partial charge in [0.05, 0.1) is 17.8 Å². The number of carboxylic acid groups (broad SMARTS) is 1. The molecule has 2 heterocycles. The molecule has 0 radical (unpaired) electrons. The summed E-state index contributed by atoms with van der Waals surface area (Å²) in [6.45, 7) is 1.26. The number of amides is 2. The van der Waals surface area contributed by atoms with Crippen molar-refractivity contribution in [1.29, 1.82) is 0 Å². The zero-order valence-electron chi connectivity index (χ0n) is 24.8. The molecule has 4 aromatic rings. The van der Waals surface area contributed by atoms with E-state index in [0.717, 1.165) is 37.2 Å². The minimum absolute atomic E-state index is 0.0876. The SMILES string of the molecule is O=C(O)CCSCc1cccc(C(=O)Nc2ccc(N3CCCCC3)cc2-c2cc(C(=O)Nc3cccc(CF)c3)ccn2)c1. The van der Waals surface area contributed by atoms with Crippen LogP contribution < -0.4 is 15.5 Å². The van der Waals surface area contributed by atoms with Gasteiger partial charge in [0.2, 0.25) is 0 Å². The number of pyridine rings is 1. The van der Waals surface area contributed by atoms with Crippen LogP contribution in [0.5, 0.6) is 0 Å². The average Bonchev–Trinajstić information content (AvgIpc) is 3.07. The lowest BCUT2D eigenvalue weighted by Gasteiger charge is -2.29. The molecule has 8 nitrogen and oxygen atoms in total. The van der Waals surface area contributed by atoms with Gasteiger partial charge in [0, 0.05) is 58.9 Å². The molecule has 45 heavy (non-hydrogen) atoms. The van der Waals surface area contributed by atoms with Gasteiger partial charge in [-0.3, -0.25) is 19.4 Å². The van der Waals surface area contributed by atoms with Crippen molar-refractivity contribution in [3.8, 4) is 11.3 Å². The lowest BCUT2D eigenvalue weighted by molar-refractivity contribution is -0.136. The number of alkyl halides is 1. The first-order valence-corrected chi connectivity index (χ1v) is 16.1. The number of hydrogen-bond donors (Lipinski definition) is 3. The highest BCUT2D eigenvalue weighted by Gasteiger charge is 2.18. The van der Waals surface area contributed by atoms with Crippen molar-refractivity contribution in [1.82, 2.24) is 4.98 Å². The Morgan fingerprint density at radius 2 is 1.60 bits per heavy atom. The number of carbonyl (C=O) groups is 3. The third kappa shape index (κ3) is 8.69. The van der Waals surface area contributed by atoms with Gasteiger partial charge in [-0.1, -0.05) is 24.3 Å². The zero-order valence-corrected chi connectivity index (χ0v) is 25.6. The Kier molecular flexibility index (Phi) is 10.8. The molecular formula is C35H35FN4O4S. The molecule has 5 rings (SSSR count). The van der Waals surface area contributed by atoms with Crippen molar-refractivity contribution in [2.75, 3.05) is 34.4 Å². The van der Waals surface area contributed by atoms with E-state index in [1.165, 1.54) is 18.2 Å². The normalized spacial score (nSPS) is 12.9. The molecular weight excluding hydrogens is 591 g/mol. The standard InChI is InChI=1S/C35H35FN4O4S/c36-22-24-6-5-9-28(19-24)38-34(43)27-12-14-37-32(20-27)30-21-29(40-15-2-1-3-16-40)10-11-31(30)39-35(44)26-8-4-7-25(18-26)23-45-17-13-33(41)42/h4-12,14,18-21H,1-3,13,15-17,22-23H2,(H,38,43)(H,39,44)(H,41,42). The molecule has 1 fully saturated rings. The quantitative estimate of drug-likeness (QED) is 0.140. The van der Waals surface area contributed by atoms with Gasteiger partial charge in [0.25, 0.3) is 11.8 Å². The lowest BCUT2D eigenvalue weighted by Crippen LogP contribution is -2.29. The van der Waals surface area contributed by atoms with E-state index in [0.29, 0.717) is 50.8 Å². The summed E-state index contributed by atoms with van der Waals surface area (Å²) in [7, 11) is 0. The molecule has 0 atom stereocenters. The molecule has 1 aromatic heterocycles. The Labute approximate surface area is 266 Å². The molecule has 1 aliphatic heterocycles. The number of thioether (sulfide) groups is 1. The van der Waals surface area contributed by atoms with Crippen molar-refractivity contribution in [3.05, 3.63) is 107 Å². The molecule has 10 heteroatoms. The van der Waals surface area contributed by atoms with Crippen molar-refractivity contribution >= 4 is 46.6 Å². The van der Waals surface area contributed by atoms with Crippen LogP contribution in [0.1, 0.15) is 57.5 Å². The van der Waals surface area contributed by atoms with Crippen LogP contribution in [0.3, 0.4) is 0 Å². The summed E-state index contributed by atoms with van der Waals surface area (Å²) in [4.78, 5) is 44.4. The van der Waals surface area contributed by atoms with E-state index in [1.54, 1.807) is 48.7 Å². The van der Waals surface area contributed by atoms with Crippen LogP contribution in [-0.2, 0) is 17.2 Å². The Morgan fingerprint density at radius 1 is 0.844 bits per heavy atom. The van der Waals surface area contributed by atoms with E-state index >= 15 is 0 Å². The fourth-order valence-corrected chi connectivity index (χ4v) is 6.08. The highest BCUT2D eigenvalue weighted by molar-refractivity contribution is 7.98. The third-order valence-corrected chi connectivity index (χ3v) is 8.56. The van der Waals surface area contributed by atoms with Crippen LogP contribution in [-0.4, -0.2) is 46.7 Å². The van der Waals surface area contributed by atoms with Crippen molar-refractivity contribution in [3.63, 3.8) is 0 Å². The highest BCUT2D eigenvalue weighted by Crippen LogP contribution is 2.33. The number of halogens is 1. The van der Waals surface area contributed by atoms with Gasteiger partial charge < -0.3 is 20.6 Å². The van der Waals surface area contributed by atoms with Gasteiger partial charge in [0.1, 0.15) is 6.67 Å². The maximum absolute atomic E-state index is 13.5. The maximum Gasteiger partial charge on any atom is 0.304 e. The summed E-state index contributed by atoms with van der Waals surface area (Å²) in [6.07, 6.45) is 5.06. The molecule has 0 saturated carbocycles.